The molecule has 2 aromatic carbocycles. The zero-order valence-corrected chi connectivity index (χ0v) is 18.3. The highest BCUT2D eigenvalue weighted by molar-refractivity contribution is 7.89. The molecular weight excluding hydrogens is 400 g/mol. The van der Waals surface area contributed by atoms with Gasteiger partial charge in [-0.2, -0.15) is 9.57 Å². The quantitative estimate of drug-likeness (QED) is 0.682. The number of esters is 1. The van der Waals surface area contributed by atoms with Crippen molar-refractivity contribution in [1.82, 2.24) is 4.31 Å². The van der Waals surface area contributed by atoms with Gasteiger partial charge in [-0.05, 0) is 50.8 Å². The summed E-state index contributed by atoms with van der Waals surface area (Å²) in [5, 5.41) is 9.13. The van der Waals surface area contributed by atoms with Crippen molar-refractivity contribution in [1.29, 1.82) is 5.26 Å². The fourth-order valence-electron chi connectivity index (χ4n) is 4.06. The van der Waals surface area contributed by atoms with Gasteiger partial charge < -0.3 is 4.74 Å². The molecule has 1 saturated heterocycles. The van der Waals surface area contributed by atoms with Gasteiger partial charge in [0.1, 0.15) is 6.61 Å². The third kappa shape index (κ3) is 4.55. The van der Waals surface area contributed by atoms with Crippen LogP contribution in [0, 0.1) is 38.0 Å². The molecule has 1 aliphatic rings. The highest BCUT2D eigenvalue weighted by Gasteiger charge is 2.34. The normalized spacial score (nSPS) is 15.5. The molecule has 0 saturated carbocycles. The SMILES string of the molecule is Cc1cc(C)c(S(=O)(=O)N2CCC(C(=O)OCc3ccccc3C#N)CC2)c(C)c1. The Morgan fingerprint density at radius 3 is 2.33 bits per heavy atom. The molecule has 0 aromatic heterocycles. The number of aryl methyl sites for hydroxylation is 3. The topological polar surface area (TPSA) is 87.5 Å². The van der Waals surface area contributed by atoms with Crippen LogP contribution in [0.1, 0.15) is 40.7 Å². The molecular formula is C23H26N2O4S. The van der Waals surface area contributed by atoms with E-state index in [1.54, 1.807) is 24.3 Å². The number of carbonyl (C=O) groups excluding carboxylic acids is 1. The van der Waals surface area contributed by atoms with Gasteiger partial charge in [-0.1, -0.05) is 35.9 Å². The van der Waals surface area contributed by atoms with E-state index in [0.29, 0.717) is 28.9 Å². The van der Waals surface area contributed by atoms with Crippen molar-refractivity contribution in [2.45, 2.75) is 45.1 Å². The van der Waals surface area contributed by atoms with Gasteiger partial charge in [0.25, 0.3) is 0 Å². The van der Waals surface area contributed by atoms with Gasteiger partial charge in [-0.25, -0.2) is 8.42 Å². The minimum Gasteiger partial charge on any atom is -0.461 e. The van der Waals surface area contributed by atoms with E-state index in [0.717, 1.165) is 16.7 Å². The van der Waals surface area contributed by atoms with E-state index in [-0.39, 0.29) is 31.6 Å². The Labute approximate surface area is 178 Å². The first-order chi connectivity index (χ1) is 14.2. The number of sulfonamides is 1. The summed E-state index contributed by atoms with van der Waals surface area (Å²) in [5.41, 5.74) is 3.66. The lowest BCUT2D eigenvalue weighted by Crippen LogP contribution is -2.41. The number of carbonyl (C=O) groups is 1. The third-order valence-electron chi connectivity index (χ3n) is 5.50. The summed E-state index contributed by atoms with van der Waals surface area (Å²) >= 11 is 0. The van der Waals surface area contributed by atoms with Crippen LogP contribution in [0.25, 0.3) is 0 Å². The molecule has 2 aromatic rings. The van der Waals surface area contributed by atoms with Gasteiger partial charge in [0.2, 0.25) is 10.0 Å². The Morgan fingerprint density at radius 1 is 1.13 bits per heavy atom. The van der Waals surface area contributed by atoms with Crippen LogP contribution >= 0.6 is 0 Å². The van der Waals surface area contributed by atoms with Crippen LogP contribution in [-0.4, -0.2) is 31.8 Å². The predicted molar refractivity (Wildman–Crippen MR) is 113 cm³/mol. The van der Waals surface area contributed by atoms with Gasteiger partial charge >= 0.3 is 5.97 Å². The number of piperidine rings is 1. The van der Waals surface area contributed by atoms with Crippen LogP contribution in [-0.2, 0) is 26.2 Å². The zero-order chi connectivity index (χ0) is 21.9. The van der Waals surface area contributed by atoms with E-state index >= 15 is 0 Å². The standard InChI is InChI=1S/C23H26N2O4S/c1-16-12-17(2)22(18(3)13-16)30(27,28)25-10-8-19(9-11-25)23(26)29-15-21-7-5-4-6-20(21)14-24/h4-7,12-13,19H,8-11,15H2,1-3H3. The number of nitrogens with zero attached hydrogens (tertiary/aromatic N) is 2. The van der Waals surface area contributed by atoms with Crippen LogP contribution in [0.15, 0.2) is 41.3 Å². The van der Waals surface area contributed by atoms with Crippen LogP contribution in [0.5, 0.6) is 0 Å². The molecule has 6 nitrogen and oxygen atoms in total. The summed E-state index contributed by atoms with van der Waals surface area (Å²) < 4.78 is 33.2. The molecule has 0 atom stereocenters. The maximum Gasteiger partial charge on any atom is 0.309 e. The molecule has 3 rings (SSSR count). The second-order valence-electron chi connectivity index (χ2n) is 7.78. The van der Waals surface area contributed by atoms with E-state index in [2.05, 4.69) is 6.07 Å². The maximum absolute atomic E-state index is 13.2. The van der Waals surface area contributed by atoms with Crippen LogP contribution in [0.4, 0.5) is 0 Å². The molecule has 0 unspecified atom stereocenters. The Morgan fingerprint density at radius 2 is 1.73 bits per heavy atom. The van der Waals surface area contributed by atoms with Crippen molar-refractivity contribution in [3.05, 3.63) is 64.2 Å². The van der Waals surface area contributed by atoms with Crippen molar-refractivity contribution in [3.63, 3.8) is 0 Å². The molecule has 30 heavy (non-hydrogen) atoms. The lowest BCUT2D eigenvalue weighted by atomic mass is 9.98. The monoisotopic (exact) mass is 426 g/mol. The summed E-state index contributed by atoms with van der Waals surface area (Å²) in [6.07, 6.45) is 0.837. The lowest BCUT2D eigenvalue weighted by Gasteiger charge is -2.31. The highest BCUT2D eigenvalue weighted by atomic mass is 32.2. The van der Waals surface area contributed by atoms with Crippen LogP contribution < -0.4 is 0 Å². The summed E-state index contributed by atoms with van der Waals surface area (Å²) in [5.74, 6) is -0.687. The summed E-state index contributed by atoms with van der Waals surface area (Å²) in [6.45, 7) is 6.19. The van der Waals surface area contributed by atoms with E-state index < -0.39 is 10.0 Å². The highest BCUT2D eigenvalue weighted by Crippen LogP contribution is 2.29. The minimum absolute atomic E-state index is 0.0445. The van der Waals surface area contributed by atoms with Crippen molar-refractivity contribution in [2.24, 2.45) is 5.92 Å². The minimum atomic E-state index is -3.61. The van der Waals surface area contributed by atoms with Gasteiger partial charge in [0, 0.05) is 18.7 Å². The van der Waals surface area contributed by atoms with E-state index in [9.17, 15) is 13.2 Å². The molecule has 158 valence electrons. The zero-order valence-electron chi connectivity index (χ0n) is 17.5. The van der Waals surface area contributed by atoms with Crippen molar-refractivity contribution >= 4 is 16.0 Å². The van der Waals surface area contributed by atoms with E-state index in [1.165, 1.54) is 4.31 Å². The number of benzene rings is 2. The average molecular weight is 427 g/mol. The van der Waals surface area contributed by atoms with Gasteiger partial charge in [0.15, 0.2) is 0 Å². The van der Waals surface area contributed by atoms with E-state index in [1.807, 2.05) is 32.9 Å². The lowest BCUT2D eigenvalue weighted by molar-refractivity contribution is -0.151. The van der Waals surface area contributed by atoms with Gasteiger partial charge in [0.05, 0.1) is 22.4 Å². The van der Waals surface area contributed by atoms with Crippen LogP contribution in [0.2, 0.25) is 0 Å². The Bertz CT molecular complexity index is 1070. The summed E-state index contributed by atoms with van der Waals surface area (Å²) in [7, 11) is -3.61. The smallest absolute Gasteiger partial charge is 0.309 e. The second-order valence-corrected chi connectivity index (χ2v) is 9.66. The van der Waals surface area contributed by atoms with Crippen molar-refractivity contribution < 1.29 is 17.9 Å². The third-order valence-corrected chi connectivity index (χ3v) is 7.70. The van der Waals surface area contributed by atoms with Crippen LogP contribution in [0.3, 0.4) is 0 Å². The first-order valence-corrected chi connectivity index (χ1v) is 11.4. The molecule has 1 heterocycles. The number of hydrogen-bond donors (Lipinski definition) is 0. The number of hydrogen-bond acceptors (Lipinski definition) is 5. The number of rotatable bonds is 5. The average Bonchev–Trinajstić information content (AvgIpc) is 2.71. The molecule has 0 N–H and O–H groups in total. The molecule has 0 amide bonds. The molecule has 1 aliphatic heterocycles. The second kappa shape index (κ2) is 8.99. The molecule has 0 spiro atoms. The number of nitriles is 1. The largest absolute Gasteiger partial charge is 0.461 e. The van der Waals surface area contributed by atoms with Crippen molar-refractivity contribution in [3.8, 4) is 6.07 Å². The Balaban J connectivity index is 1.63. The van der Waals surface area contributed by atoms with Gasteiger partial charge in [-0.3, -0.25) is 4.79 Å². The summed E-state index contributed by atoms with van der Waals surface area (Å²) in [6, 6.07) is 12.8. The fraction of sp³-hybridized carbons (Fsp3) is 0.391. The Kier molecular flexibility index (Phi) is 6.59. The van der Waals surface area contributed by atoms with Gasteiger partial charge in [-0.15, -0.1) is 0 Å². The first-order valence-electron chi connectivity index (χ1n) is 9.96. The molecule has 7 heteroatoms. The summed E-state index contributed by atoms with van der Waals surface area (Å²) in [4.78, 5) is 12.8. The molecule has 0 aliphatic carbocycles. The fourth-order valence-corrected chi connectivity index (χ4v) is 5.94. The number of ether oxygens (including phenoxy) is 1. The van der Waals surface area contributed by atoms with E-state index in [4.69, 9.17) is 10.00 Å². The first kappa shape index (κ1) is 22.0. The predicted octanol–water partition coefficient (Wildman–Crippen LogP) is 3.63. The molecule has 0 radical (unpaired) electrons. The maximum atomic E-state index is 13.2. The Hall–Kier alpha value is -2.69. The molecule has 1 fully saturated rings. The molecule has 0 bridgehead atoms. The van der Waals surface area contributed by atoms with Crippen molar-refractivity contribution in [2.75, 3.05) is 13.1 Å².